The van der Waals surface area contributed by atoms with E-state index in [1.165, 1.54) is 0 Å². The Morgan fingerprint density at radius 3 is 2.50 bits per heavy atom. The number of amides is 1. The highest BCUT2D eigenvalue weighted by Gasteiger charge is 2.29. The summed E-state index contributed by atoms with van der Waals surface area (Å²) in [5, 5.41) is 3.24. The van der Waals surface area contributed by atoms with Gasteiger partial charge in [-0.2, -0.15) is 0 Å². The van der Waals surface area contributed by atoms with Crippen LogP contribution >= 0.6 is 0 Å². The molecule has 0 unspecified atom stereocenters. The first-order valence-corrected chi connectivity index (χ1v) is 5.76. The van der Waals surface area contributed by atoms with Crippen LogP contribution in [0.15, 0.2) is 12.1 Å². The number of nitrogens with one attached hydrogen (secondary N) is 2. The predicted octanol–water partition coefficient (Wildman–Crippen LogP) is 1.03. The number of rotatable bonds is 2. The summed E-state index contributed by atoms with van der Waals surface area (Å²) in [5.41, 5.74) is 5.09. The third-order valence-electron chi connectivity index (χ3n) is 3.35. The van der Waals surface area contributed by atoms with Gasteiger partial charge in [0.05, 0.1) is 5.92 Å². The fourth-order valence-electron chi connectivity index (χ4n) is 2.20. The molecular weight excluding hydrogens is 202 g/mol. The minimum Gasteiger partial charge on any atom is -0.316 e. The maximum atomic E-state index is 12.1. The van der Waals surface area contributed by atoms with Gasteiger partial charge in [-0.3, -0.25) is 14.9 Å². The number of carbonyl (C=O) groups excluding carboxylic acids is 1. The van der Waals surface area contributed by atoms with Gasteiger partial charge in [0.15, 0.2) is 0 Å². The molecule has 16 heavy (non-hydrogen) atoms. The van der Waals surface area contributed by atoms with Gasteiger partial charge in [0.1, 0.15) is 0 Å². The molecule has 0 aromatic carbocycles. The van der Waals surface area contributed by atoms with Crippen LogP contribution in [0.4, 0.5) is 0 Å². The minimum atomic E-state index is 0.0844. The van der Waals surface area contributed by atoms with Crippen LogP contribution < -0.4 is 10.7 Å². The molecule has 1 fully saturated rings. The fraction of sp³-hybridized carbons (Fsp3) is 0.583. The van der Waals surface area contributed by atoms with E-state index in [0.717, 1.165) is 24.5 Å². The molecule has 0 radical (unpaired) electrons. The Hall–Kier alpha value is -1.29. The van der Waals surface area contributed by atoms with Crippen molar-refractivity contribution in [2.45, 2.75) is 20.8 Å². The molecule has 4 heteroatoms. The molecule has 0 spiro atoms. The van der Waals surface area contributed by atoms with Crippen LogP contribution in [0, 0.1) is 25.7 Å². The molecule has 1 aliphatic heterocycles. The fourth-order valence-corrected chi connectivity index (χ4v) is 2.20. The number of nitrogens with zero attached hydrogens (tertiary/aromatic N) is 1. The first kappa shape index (κ1) is 11.2. The summed E-state index contributed by atoms with van der Waals surface area (Å²) in [7, 11) is 0. The molecule has 0 aliphatic carbocycles. The van der Waals surface area contributed by atoms with Crippen LogP contribution in [-0.4, -0.2) is 23.7 Å². The maximum Gasteiger partial charge on any atom is 0.243 e. The lowest BCUT2D eigenvalue weighted by molar-refractivity contribution is -0.121. The van der Waals surface area contributed by atoms with Crippen LogP contribution in [0.1, 0.15) is 18.3 Å². The second-order valence-electron chi connectivity index (χ2n) is 4.67. The van der Waals surface area contributed by atoms with Crippen LogP contribution in [0.2, 0.25) is 0 Å². The van der Waals surface area contributed by atoms with E-state index in [9.17, 15) is 4.79 Å². The summed E-state index contributed by atoms with van der Waals surface area (Å²) >= 11 is 0. The van der Waals surface area contributed by atoms with Crippen LogP contribution in [0.5, 0.6) is 0 Å². The van der Waals surface area contributed by atoms with E-state index in [4.69, 9.17) is 0 Å². The zero-order chi connectivity index (χ0) is 11.7. The standard InChI is InChI=1S/C12H19N3O/c1-8-6-13-7-11(8)12(16)14-15-9(2)4-5-10(15)3/h4-5,8,11,13H,6-7H2,1-3H3,(H,14,16)/t8-,11-/m1/s1. The van der Waals surface area contributed by atoms with Crippen LogP contribution in [0.3, 0.4) is 0 Å². The number of aromatic nitrogens is 1. The molecule has 1 aromatic rings. The Labute approximate surface area is 96.0 Å². The molecule has 2 atom stereocenters. The van der Waals surface area contributed by atoms with Gasteiger partial charge in [-0.15, -0.1) is 0 Å². The summed E-state index contributed by atoms with van der Waals surface area (Å²) < 4.78 is 1.85. The van der Waals surface area contributed by atoms with Crippen molar-refractivity contribution in [1.29, 1.82) is 0 Å². The maximum absolute atomic E-state index is 12.1. The third kappa shape index (κ3) is 1.97. The van der Waals surface area contributed by atoms with Gasteiger partial charge < -0.3 is 5.32 Å². The van der Waals surface area contributed by atoms with E-state index in [1.807, 2.05) is 30.7 Å². The molecule has 1 amide bonds. The molecule has 2 rings (SSSR count). The second-order valence-corrected chi connectivity index (χ2v) is 4.67. The number of carbonyl (C=O) groups is 1. The molecule has 1 aromatic heterocycles. The zero-order valence-electron chi connectivity index (χ0n) is 10.1. The first-order chi connectivity index (χ1) is 7.59. The van der Waals surface area contributed by atoms with Crippen molar-refractivity contribution in [2.24, 2.45) is 11.8 Å². The molecule has 2 N–H and O–H groups in total. The van der Waals surface area contributed by atoms with Crippen molar-refractivity contribution >= 4 is 5.91 Å². The Balaban J connectivity index is 2.07. The van der Waals surface area contributed by atoms with Crippen molar-refractivity contribution < 1.29 is 4.79 Å². The van der Waals surface area contributed by atoms with E-state index in [1.54, 1.807) is 0 Å². The van der Waals surface area contributed by atoms with Gasteiger partial charge in [-0.25, -0.2) is 0 Å². The summed E-state index contributed by atoms with van der Waals surface area (Å²) in [4.78, 5) is 12.1. The van der Waals surface area contributed by atoms with E-state index in [0.29, 0.717) is 5.92 Å². The van der Waals surface area contributed by atoms with Crippen LogP contribution in [-0.2, 0) is 4.79 Å². The average molecular weight is 221 g/mol. The zero-order valence-corrected chi connectivity index (χ0v) is 10.1. The monoisotopic (exact) mass is 221 g/mol. The largest absolute Gasteiger partial charge is 0.316 e. The van der Waals surface area contributed by atoms with Crippen LogP contribution in [0.25, 0.3) is 0 Å². The molecule has 88 valence electrons. The summed E-state index contributed by atoms with van der Waals surface area (Å²) in [6.07, 6.45) is 0. The Morgan fingerprint density at radius 1 is 1.38 bits per heavy atom. The number of aryl methyl sites for hydroxylation is 2. The molecule has 0 saturated carbocycles. The third-order valence-corrected chi connectivity index (χ3v) is 3.35. The van der Waals surface area contributed by atoms with Crippen molar-refractivity contribution in [3.63, 3.8) is 0 Å². The molecule has 1 aliphatic rings. The van der Waals surface area contributed by atoms with Gasteiger partial charge >= 0.3 is 0 Å². The van der Waals surface area contributed by atoms with Gasteiger partial charge in [0.25, 0.3) is 0 Å². The SMILES string of the molecule is Cc1ccc(C)n1NC(=O)[C@@H]1CNC[C@H]1C. The number of hydrogen-bond acceptors (Lipinski definition) is 2. The Kier molecular flexibility index (Phi) is 3.01. The van der Waals surface area contributed by atoms with Gasteiger partial charge in [-0.1, -0.05) is 6.92 Å². The first-order valence-electron chi connectivity index (χ1n) is 5.76. The summed E-state index contributed by atoms with van der Waals surface area (Å²) in [6, 6.07) is 4.01. The highest BCUT2D eigenvalue weighted by Crippen LogP contribution is 2.16. The number of hydrogen-bond donors (Lipinski definition) is 2. The van der Waals surface area contributed by atoms with Gasteiger partial charge in [0, 0.05) is 17.9 Å². The lowest BCUT2D eigenvalue weighted by atomic mass is 9.98. The average Bonchev–Trinajstić information content (AvgIpc) is 2.79. The topological polar surface area (TPSA) is 46.1 Å². The summed E-state index contributed by atoms with van der Waals surface area (Å²) in [5.74, 6) is 0.609. The Morgan fingerprint density at radius 2 is 2.00 bits per heavy atom. The van der Waals surface area contributed by atoms with E-state index < -0.39 is 0 Å². The van der Waals surface area contributed by atoms with E-state index in [-0.39, 0.29) is 11.8 Å². The Bertz CT molecular complexity index is 377. The normalized spacial score (nSPS) is 24.7. The molecule has 1 saturated heterocycles. The quantitative estimate of drug-likeness (QED) is 0.783. The van der Waals surface area contributed by atoms with E-state index >= 15 is 0 Å². The van der Waals surface area contributed by atoms with Crippen molar-refractivity contribution in [2.75, 3.05) is 18.5 Å². The van der Waals surface area contributed by atoms with E-state index in [2.05, 4.69) is 17.7 Å². The highest BCUT2D eigenvalue weighted by atomic mass is 16.2. The van der Waals surface area contributed by atoms with Crippen molar-refractivity contribution in [3.05, 3.63) is 23.5 Å². The van der Waals surface area contributed by atoms with Gasteiger partial charge in [-0.05, 0) is 38.4 Å². The molecule has 0 bridgehead atoms. The molecule has 4 nitrogen and oxygen atoms in total. The highest BCUT2D eigenvalue weighted by molar-refractivity contribution is 5.86. The molecular formula is C12H19N3O. The smallest absolute Gasteiger partial charge is 0.243 e. The lowest BCUT2D eigenvalue weighted by Crippen LogP contribution is -2.34. The summed E-state index contributed by atoms with van der Waals surface area (Å²) in [6.45, 7) is 7.81. The minimum absolute atomic E-state index is 0.0844. The predicted molar refractivity (Wildman–Crippen MR) is 63.8 cm³/mol. The second kappa shape index (κ2) is 4.29. The van der Waals surface area contributed by atoms with Crippen molar-refractivity contribution in [1.82, 2.24) is 9.99 Å². The molecule has 2 heterocycles. The van der Waals surface area contributed by atoms with Gasteiger partial charge in [0.2, 0.25) is 5.91 Å². The lowest BCUT2D eigenvalue weighted by Gasteiger charge is -2.17. The van der Waals surface area contributed by atoms with Crippen molar-refractivity contribution in [3.8, 4) is 0 Å².